The van der Waals surface area contributed by atoms with Crippen LogP contribution in [-0.4, -0.2) is 30.8 Å². The van der Waals surface area contributed by atoms with E-state index in [1.807, 2.05) is 25.1 Å². The summed E-state index contributed by atoms with van der Waals surface area (Å²) < 4.78 is 46.6. The molecule has 0 radical (unpaired) electrons. The number of nitrogens with one attached hydrogen (secondary N) is 1. The first-order valence-corrected chi connectivity index (χ1v) is 12.2. The number of hydrogen-bond donors (Lipinski definition) is 1. The van der Waals surface area contributed by atoms with Crippen LogP contribution in [0, 0.1) is 12.7 Å². The number of halogens is 1. The maximum atomic E-state index is 13.7. The lowest BCUT2D eigenvalue weighted by atomic mass is 10.1. The molecule has 0 aliphatic rings. The van der Waals surface area contributed by atoms with E-state index >= 15 is 0 Å². The van der Waals surface area contributed by atoms with Crippen LogP contribution in [0.2, 0.25) is 0 Å². The van der Waals surface area contributed by atoms with Gasteiger partial charge in [-0.25, -0.2) is 17.6 Å². The van der Waals surface area contributed by atoms with Crippen molar-refractivity contribution in [1.82, 2.24) is 9.29 Å². The van der Waals surface area contributed by atoms with Crippen molar-refractivity contribution in [2.75, 3.05) is 7.11 Å². The molecule has 1 N–H and O–H groups in total. The third-order valence-electron chi connectivity index (χ3n) is 5.59. The minimum atomic E-state index is -4.17. The van der Waals surface area contributed by atoms with Gasteiger partial charge in [0.15, 0.2) is 0 Å². The SMILES string of the molecule is COC(=O)c1cccc(S(=O)(=O)N(Cc2ccc(F)cc2)Cc2cc3ccc(C)cc3[nH]c2=O)c1. The van der Waals surface area contributed by atoms with E-state index in [2.05, 4.69) is 4.98 Å². The van der Waals surface area contributed by atoms with Gasteiger partial charge >= 0.3 is 5.97 Å². The first kappa shape index (κ1) is 24.3. The van der Waals surface area contributed by atoms with Gasteiger partial charge in [-0.05, 0) is 65.9 Å². The number of sulfonamides is 1. The number of H-pyrrole nitrogens is 1. The molecule has 0 amide bonds. The Morgan fingerprint density at radius 1 is 1.00 bits per heavy atom. The molecule has 4 rings (SSSR count). The van der Waals surface area contributed by atoms with E-state index in [0.717, 1.165) is 15.3 Å². The number of rotatable bonds is 7. The summed E-state index contributed by atoms with van der Waals surface area (Å²) in [5.74, 6) is -1.12. The molecule has 0 saturated carbocycles. The van der Waals surface area contributed by atoms with Gasteiger partial charge in [0.05, 0.1) is 17.6 Å². The Kier molecular flexibility index (Phi) is 6.81. The normalized spacial score (nSPS) is 11.7. The quantitative estimate of drug-likeness (QED) is 0.389. The largest absolute Gasteiger partial charge is 0.465 e. The Hall–Kier alpha value is -3.82. The zero-order valence-corrected chi connectivity index (χ0v) is 19.9. The molecule has 0 fully saturated rings. The van der Waals surface area contributed by atoms with Gasteiger partial charge in [-0.1, -0.05) is 30.3 Å². The smallest absolute Gasteiger partial charge is 0.337 e. The molecule has 1 heterocycles. The number of esters is 1. The van der Waals surface area contributed by atoms with Crippen molar-refractivity contribution in [1.29, 1.82) is 0 Å². The minimum absolute atomic E-state index is 0.0780. The molecule has 35 heavy (non-hydrogen) atoms. The number of aryl methyl sites for hydroxylation is 1. The fourth-order valence-electron chi connectivity index (χ4n) is 3.74. The zero-order chi connectivity index (χ0) is 25.2. The van der Waals surface area contributed by atoms with Gasteiger partial charge < -0.3 is 9.72 Å². The molecule has 7 nitrogen and oxygen atoms in total. The van der Waals surface area contributed by atoms with Crippen LogP contribution >= 0.6 is 0 Å². The van der Waals surface area contributed by atoms with Crippen molar-refractivity contribution >= 4 is 26.9 Å². The molecular weight excluding hydrogens is 471 g/mol. The Balaban J connectivity index is 1.78. The van der Waals surface area contributed by atoms with Gasteiger partial charge in [-0.3, -0.25) is 4.79 Å². The van der Waals surface area contributed by atoms with Gasteiger partial charge in [0.2, 0.25) is 10.0 Å². The number of aromatic amines is 1. The van der Waals surface area contributed by atoms with Gasteiger partial charge in [0.1, 0.15) is 5.82 Å². The highest BCUT2D eigenvalue weighted by Crippen LogP contribution is 2.23. The summed E-state index contributed by atoms with van der Waals surface area (Å²) in [5, 5.41) is 0.761. The van der Waals surface area contributed by atoms with Crippen LogP contribution in [-0.2, 0) is 27.8 Å². The van der Waals surface area contributed by atoms with Gasteiger partial charge in [-0.15, -0.1) is 0 Å². The molecular formula is C26H23FN2O5S. The number of pyridine rings is 1. The van der Waals surface area contributed by atoms with Crippen molar-refractivity contribution in [3.63, 3.8) is 0 Å². The highest BCUT2D eigenvalue weighted by Gasteiger charge is 2.27. The number of carbonyl (C=O) groups excluding carboxylic acids is 1. The Labute approximate surface area is 201 Å². The maximum Gasteiger partial charge on any atom is 0.337 e. The second kappa shape index (κ2) is 9.81. The summed E-state index contributed by atoms with van der Waals surface area (Å²) in [6, 6.07) is 18.2. The molecule has 180 valence electrons. The zero-order valence-electron chi connectivity index (χ0n) is 19.1. The number of hydrogen-bond acceptors (Lipinski definition) is 5. The molecule has 0 saturated heterocycles. The van der Waals surface area contributed by atoms with Crippen molar-refractivity contribution < 1.29 is 22.3 Å². The van der Waals surface area contributed by atoms with Crippen LogP contribution in [0.4, 0.5) is 4.39 Å². The summed E-state index contributed by atoms with van der Waals surface area (Å²) in [7, 11) is -2.96. The maximum absolute atomic E-state index is 13.7. The second-order valence-electron chi connectivity index (χ2n) is 8.13. The van der Waals surface area contributed by atoms with Gasteiger partial charge in [0.25, 0.3) is 5.56 Å². The average molecular weight is 495 g/mol. The monoisotopic (exact) mass is 494 g/mol. The van der Waals surface area contributed by atoms with E-state index in [9.17, 15) is 22.4 Å². The predicted octanol–water partition coefficient (Wildman–Crippen LogP) is 4.15. The van der Waals surface area contributed by atoms with E-state index in [-0.39, 0.29) is 29.1 Å². The van der Waals surface area contributed by atoms with Crippen LogP contribution in [0.25, 0.3) is 10.9 Å². The number of fused-ring (bicyclic) bond motifs is 1. The average Bonchev–Trinajstić information content (AvgIpc) is 2.85. The molecule has 0 atom stereocenters. The van der Waals surface area contributed by atoms with Crippen molar-refractivity contribution in [2.24, 2.45) is 0 Å². The second-order valence-corrected chi connectivity index (χ2v) is 10.1. The number of aromatic nitrogens is 1. The molecule has 0 aliphatic carbocycles. The number of ether oxygens (including phenoxy) is 1. The summed E-state index contributed by atoms with van der Waals surface area (Å²) in [5.41, 5.74) is 2.08. The van der Waals surface area contributed by atoms with E-state index in [1.165, 1.54) is 55.6 Å². The Morgan fingerprint density at radius 3 is 2.46 bits per heavy atom. The number of methoxy groups -OCH3 is 1. The standard InChI is InChI=1S/C26H23FN2O5S/c1-17-6-9-19-13-21(25(30)28-24(19)12-17)16-29(15-18-7-10-22(27)11-8-18)35(32,33)23-5-3-4-20(14-23)26(31)34-2/h3-14H,15-16H2,1-2H3,(H,28,30). The fourth-order valence-corrected chi connectivity index (χ4v) is 5.19. The molecule has 0 unspecified atom stereocenters. The first-order chi connectivity index (χ1) is 16.7. The fraction of sp³-hybridized carbons (Fsp3) is 0.154. The van der Waals surface area contributed by atoms with Crippen LogP contribution in [0.5, 0.6) is 0 Å². The molecule has 3 aromatic carbocycles. The first-order valence-electron chi connectivity index (χ1n) is 10.7. The summed E-state index contributed by atoms with van der Waals surface area (Å²) in [4.78, 5) is 27.5. The molecule has 4 aromatic rings. The molecule has 0 aliphatic heterocycles. The molecule has 0 spiro atoms. The van der Waals surface area contributed by atoms with Crippen molar-refractivity contribution in [2.45, 2.75) is 24.9 Å². The lowest BCUT2D eigenvalue weighted by Crippen LogP contribution is -2.32. The van der Waals surface area contributed by atoms with Crippen molar-refractivity contribution in [3.8, 4) is 0 Å². The number of nitrogens with zero attached hydrogens (tertiary/aromatic N) is 1. The lowest BCUT2D eigenvalue weighted by molar-refractivity contribution is 0.0600. The summed E-state index contributed by atoms with van der Waals surface area (Å²) in [6.45, 7) is 1.56. The summed E-state index contributed by atoms with van der Waals surface area (Å²) >= 11 is 0. The Morgan fingerprint density at radius 2 is 1.74 bits per heavy atom. The molecule has 0 bridgehead atoms. The highest BCUT2D eigenvalue weighted by molar-refractivity contribution is 7.89. The Bertz CT molecular complexity index is 1560. The molecule has 9 heteroatoms. The lowest BCUT2D eigenvalue weighted by Gasteiger charge is -2.23. The number of carbonyl (C=O) groups is 1. The third kappa shape index (κ3) is 5.31. The highest BCUT2D eigenvalue weighted by atomic mass is 32.2. The van der Waals surface area contributed by atoms with E-state index < -0.39 is 27.4 Å². The van der Waals surface area contributed by atoms with Crippen LogP contribution in [0.3, 0.4) is 0 Å². The van der Waals surface area contributed by atoms with E-state index in [4.69, 9.17) is 4.74 Å². The van der Waals surface area contributed by atoms with Crippen LogP contribution < -0.4 is 5.56 Å². The van der Waals surface area contributed by atoms with E-state index in [0.29, 0.717) is 11.1 Å². The van der Waals surface area contributed by atoms with Gasteiger partial charge in [0, 0.05) is 24.2 Å². The van der Waals surface area contributed by atoms with Gasteiger partial charge in [-0.2, -0.15) is 4.31 Å². The van der Waals surface area contributed by atoms with Crippen LogP contribution in [0.15, 0.2) is 82.5 Å². The number of benzene rings is 3. The third-order valence-corrected chi connectivity index (χ3v) is 7.38. The topological polar surface area (TPSA) is 96.5 Å². The minimum Gasteiger partial charge on any atom is -0.465 e. The molecule has 1 aromatic heterocycles. The van der Waals surface area contributed by atoms with E-state index in [1.54, 1.807) is 6.07 Å². The summed E-state index contributed by atoms with van der Waals surface area (Å²) in [6.07, 6.45) is 0. The predicted molar refractivity (Wildman–Crippen MR) is 130 cm³/mol. The van der Waals surface area contributed by atoms with Crippen molar-refractivity contribution in [3.05, 3.63) is 111 Å². The van der Waals surface area contributed by atoms with Crippen LogP contribution in [0.1, 0.15) is 27.0 Å².